The van der Waals surface area contributed by atoms with Crippen LogP contribution in [-0.4, -0.2) is 68.5 Å². The van der Waals surface area contributed by atoms with Crippen molar-refractivity contribution in [1.82, 2.24) is 0 Å². The third-order valence-electron chi connectivity index (χ3n) is 5.43. The second kappa shape index (κ2) is 8.45. The molecule has 1 aliphatic rings. The Hall–Kier alpha value is -3.51. The first-order valence-electron chi connectivity index (χ1n) is 9.88. The fourth-order valence-electron chi connectivity index (χ4n) is 3.60. The van der Waals surface area contributed by atoms with Gasteiger partial charge < -0.3 is 49.3 Å². The van der Waals surface area contributed by atoms with Crippen LogP contribution in [0.4, 0.5) is 0 Å². The van der Waals surface area contributed by atoms with E-state index in [-0.39, 0.29) is 39.5 Å². The molecule has 1 saturated heterocycles. The minimum atomic E-state index is -1.63. The number of phenols is 3. The average Bonchev–Trinajstić information content (AvgIpc) is 2.77. The summed E-state index contributed by atoms with van der Waals surface area (Å²) < 4.78 is 21.9. The van der Waals surface area contributed by atoms with Crippen molar-refractivity contribution < 1.29 is 49.3 Å². The lowest BCUT2D eigenvalue weighted by Gasteiger charge is -2.39. The topological polar surface area (TPSA) is 179 Å². The number of fused-ring (bicyclic) bond motifs is 1. The molecule has 176 valence electrons. The number of hydrogen-bond acceptors (Lipinski definition) is 11. The zero-order valence-corrected chi connectivity index (χ0v) is 17.5. The van der Waals surface area contributed by atoms with Crippen molar-refractivity contribution in [3.05, 3.63) is 40.6 Å². The largest absolute Gasteiger partial charge is 0.504 e. The molecule has 0 amide bonds. The van der Waals surface area contributed by atoms with Crippen LogP contribution in [0.3, 0.4) is 0 Å². The predicted molar refractivity (Wildman–Crippen MR) is 112 cm³/mol. The molecule has 0 bridgehead atoms. The van der Waals surface area contributed by atoms with E-state index in [2.05, 4.69) is 0 Å². The van der Waals surface area contributed by atoms with Crippen LogP contribution in [-0.2, 0) is 4.74 Å². The first kappa shape index (κ1) is 22.7. The van der Waals surface area contributed by atoms with Crippen LogP contribution in [0.2, 0.25) is 0 Å². The molecular weight excluding hydrogens is 440 g/mol. The normalized spacial score (nSPS) is 25.2. The van der Waals surface area contributed by atoms with Crippen LogP contribution in [0, 0.1) is 0 Å². The number of aromatic hydroxyl groups is 3. The molecule has 0 aliphatic carbocycles. The van der Waals surface area contributed by atoms with E-state index in [1.165, 1.54) is 38.3 Å². The Balaban J connectivity index is 1.81. The van der Waals surface area contributed by atoms with Crippen molar-refractivity contribution in [3.63, 3.8) is 0 Å². The van der Waals surface area contributed by atoms with Crippen molar-refractivity contribution >= 4 is 11.0 Å². The Labute approximate surface area is 186 Å². The molecule has 1 aliphatic heterocycles. The summed E-state index contributed by atoms with van der Waals surface area (Å²) in [5, 5.41) is 59.8. The molecule has 0 unspecified atom stereocenters. The Kier molecular flexibility index (Phi) is 5.80. The van der Waals surface area contributed by atoms with Gasteiger partial charge in [-0.1, -0.05) is 0 Å². The average molecular weight is 462 g/mol. The zero-order valence-electron chi connectivity index (χ0n) is 17.5. The van der Waals surface area contributed by atoms with Crippen molar-refractivity contribution in [2.45, 2.75) is 37.6 Å². The van der Waals surface area contributed by atoms with Gasteiger partial charge >= 0.3 is 0 Å². The third kappa shape index (κ3) is 3.91. The summed E-state index contributed by atoms with van der Waals surface area (Å²) in [5.41, 5.74) is -0.460. The monoisotopic (exact) mass is 462 g/mol. The van der Waals surface area contributed by atoms with Gasteiger partial charge in [0.05, 0.1) is 13.2 Å². The van der Waals surface area contributed by atoms with E-state index >= 15 is 0 Å². The molecule has 11 heteroatoms. The lowest BCUT2D eigenvalue weighted by molar-refractivity contribution is -0.268. The van der Waals surface area contributed by atoms with Gasteiger partial charge in [-0.3, -0.25) is 4.79 Å². The summed E-state index contributed by atoms with van der Waals surface area (Å²) in [6.45, 7) is 1.48. The molecule has 33 heavy (non-hydrogen) atoms. The molecule has 1 aromatic heterocycles. The van der Waals surface area contributed by atoms with Crippen molar-refractivity contribution in [3.8, 4) is 40.1 Å². The molecular formula is C22H22O11. The van der Waals surface area contributed by atoms with E-state index in [1.807, 2.05) is 0 Å². The zero-order chi connectivity index (χ0) is 24.0. The SMILES string of the molecule is COc1c(O[C@@H]2O[C@H](C)[C@H](O)[C@@H](O)[C@H]2O)cc2oc(-c3ccc(O)c(O)c3)cc(=O)c2c1O. The fourth-order valence-corrected chi connectivity index (χ4v) is 3.60. The number of phenolic OH excluding ortho intramolecular Hbond substituents is 3. The Morgan fingerprint density at radius 1 is 0.939 bits per heavy atom. The van der Waals surface area contributed by atoms with Gasteiger partial charge in [0.2, 0.25) is 12.0 Å². The molecule has 11 nitrogen and oxygen atoms in total. The van der Waals surface area contributed by atoms with Crippen molar-refractivity contribution in [1.29, 1.82) is 0 Å². The van der Waals surface area contributed by atoms with Gasteiger partial charge in [0.1, 0.15) is 35.0 Å². The van der Waals surface area contributed by atoms with Gasteiger partial charge in [0.15, 0.2) is 28.4 Å². The second-order valence-electron chi connectivity index (χ2n) is 7.61. The highest BCUT2D eigenvalue weighted by Crippen LogP contribution is 2.43. The summed E-state index contributed by atoms with van der Waals surface area (Å²) in [6.07, 6.45) is -6.83. The van der Waals surface area contributed by atoms with Gasteiger partial charge in [-0.25, -0.2) is 0 Å². The lowest BCUT2D eigenvalue weighted by Crippen LogP contribution is -2.58. The number of hydrogen-bond donors (Lipinski definition) is 6. The number of aliphatic hydroxyl groups excluding tert-OH is 3. The van der Waals surface area contributed by atoms with Crippen molar-refractivity contribution in [2.75, 3.05) is 7.11 Å². The van der Waals surface area contributed by atoms with Crippen LogP contribution in [0.5, 0.6) is 28.7 Å². The maximum atomic E-state index is 12.7. The summed E-state index contributed by atoms with van der Waals surface area (Å²) in [6, 6.07) is 6.16. The number of ether oxygens (including phenoxy) is 3. The molecule has 6 N–H and O–H groups in total. The van der Waals surface area contributed by atoms with Gasteiger partial charge in [-0.05, 0) is 25.1 Å². The molecule has 3 aromatic rings. The smallest absolute Gasteiger partial charge is 0.229 e. The van der Waals surface area contributed by atoms with Crippen LogP contribution in [0.1, 0.15) is 6.92 Å². The van der Waals surface area contributed by atoms with Gasteiger partial charge in [0, 0.05) is 17.7 Å². The van der Waals surface area contributed by atoms with E-state index in [0.717, 1.165) is 6.07 Å². The van der Waals surface area contributed by atoms with Gasteiger partial charge in [0.25, 0.3) is 0 Å². The minimum Gasteiger partial charge on any atom is -0.504 e. The number of aliphatic hydroxyl groups is 3. The van der Waals surface area contributed by atoms with Crippen LogP contribution in [0.25, 0.3) is 22.3 Å². The maximum Gasteiger partial charge on any atom is 0.229 e. The fraction of sp³-hybridized carbons (Fsp3) is 0.318. The van der Waals surface area contributed by atoms with E-state index in [9.17, 15) is 35.4 Å². The molecule has 5 atom stereocenters. The molecule has 2 heterocycles. The highest BCUT2D eigenvalue weighted by molar-refractivity contribution is 5.89. The first-order valence-corrected chi connectivity index (χ1v) is 9.88. The molecule has 0 saturated carbocycles. The summed E-state index contributed by atoms with van der Waals surface area (Å²) in [5.74, 6) is -1.75. The van der Waals surface area contributed by atoms with Gasteiger partial charge in [-0.2, -0.15) is 0 Å². The Morgan fingerprint density at radius 3 is 2.33 bits per heavy atom. The van der Waals surface area contributed by atoms with Crippen molar-refractivity contribution in [2.24, 2.45) is 0 Å². The predicted octanol–water partition coefficient (Wildman–Crippen LogP) is 0.792. The maximum absolute atomic E-state index is 12.7. The number of methoxy groups -OCH3 is 1. The third-order valence-corrected chi connectivity index (χ3v) is 5.43. The van der Waals surface area contributed by atoms with Crippen LogP contribution < -0.4 is 14.9 Å². The van der Waals surface area contributed by atoms with E-state index < -0.39 is 47.6 Å². The summed E-state index contributed by atoms with van der Waals surface area (Å²) >= 11 is 0. The molecule has 4 rings (SSSR count). The summed E-state index contributed by atoms with van der Waals surface area (Å²) in [4.78, 5) is 12.7. The van der Waals surface area contributed by atoms with Crippen LogP contribution >= 0.6 is 0 Å². The highest BCUT2D eigenvalue weighted by Gasteiger charge is 2.43. The Morgan fingerprint density at radius 2 is 1.67 bits per heavy atom. The van der Waals surface area contributed by atoms with E-state index in [1.54, 1.807) is 0 Å². The highest BCUT2D eigenvalue weighted by atomic mass is 16.7. The molecule has 0 radical (unpaired) electrons. The number of rotatable bonds is 4. The van der Waals surface area contributed by atoms with E-state index in [0.29, 0.717) is 0 Å². The molecule has 1 fully saturated rings. The summed E-state index contributed by atoms with van der Waals surface area (Å²) in [7, 11) is 1.22. The van der Waals surface area contributed by atoms with Crippen LogP contribution in [0.15, 0.2) is 39.5 Å². The molecule has 0 spiro atoms. The number of benzene rings is 2. The van der Waals surface area contributed by atoms with Gasteiger partial charge in [-0.15, -0.1) is 0 Å². The first-order chi connectivity index (χ1) is 15.6. The minimum absolute atomic E-state index is 0.0273. The standard InChI is InChI=1S/C22H22O11/c1-8-17(26)19(28)20(29)22(31-8)33-15-7-14-16(18(27)21(15)30-2)12(25)6-13(32-14)9-3-4-10(23)11(24)5-9/h3-8,17,19-20,22-24,26-29H,1-2H3/t8-,17+,19-,20-,22+/m1/s1. The van der Waals surface area contributed by atoms with E-state index in [4.69, 9.17) is 18.6 Å². The Bertz CT molecular complexity index is 1250. The lowest BCUT2D eigenvalue weighted by atomic mass is 10.00. The second-order valence-corrected chi connectivity index (χ2v) is 7.61. The quantitative estimate of drug-likeness (QED) is 0.302. The molecule has 2 aromatic carbocycles.